The van der Waals surface area contributed by atoms with E-state index >= 15 is 0 Å². The maximum absolute atomic E-state index is 12.4. The topological polar surface area (TPSA) is 78.5 Å². The summed E-state index contributed by atoms with van der Waals surface area (Å²) in [6, 6.07) is 5.46. The van der Waals surface area contributed by atoms with E-state index in [9.17, 15) is 14.4 Å². The number of piperazine rings is 1. The molecule has 0 saturated carbocycles. The molecule has 3 amide bonds. The first-order chi connectivity index (χ1) is 10.0. The third-order valence-corrected chi connectivity index (χ3v) is 3.27. The van der Waals surface area contributed by atoms with Gasteiger partial charge in [-0.15, -0.1) is 0 Å². The summed E-state index contributed by atoms with van der Waals surface area (Å²) in [5.41, 5.74) is 2.29. The minimum Gasteiger partial charge on any atom is -0.385 e. The van der Waals surface area contributed by atoms with Crippen molar-refractivity contribution in [2.24, 2.45) is 0 Å². The Balaban J connectivity index is 2.15. The van der Waals surface area contributed by atoms with Gasteiger partial charge in [-0.05, 0) is 37.1 Å². The highest BCUT2D eigenvalue weighted by atomic mass is 16.2. The van der Waals surface area contributed by atoms with Crippen LogP contribution in [0.5, 0.6) is 0 Å². The van der Waals surface area contributed by atoms with E-state index < -0.39 is 11.8 Å². The molecule has 1 aromatic rings. The molecule has 0 atom stereocenters. The van der Waals surface area contributed by atoms with Crippen molar-refractivity contribution in [2.75, 3.05) is 25.0 Å². The number of imide groups is 1. The Hall–Kier alpha value is -2.37. The zero-order valence-corrected chi connectivity index (χ0v) is 12.2. The SMILES string of the molecule is CCCNc1ccc(C(=O)N2CC(=O)NC(=O)C2)c(C)c1. The fourth-order valence-corrected chi connectivity index (χ4v) is 2.23. The zero-order valence-electron chi connectivity index (χ0n) is 12.2. The first-order valence-corrected chi connectivity index (χ1v) is 6.97. The third kappa shape index (κ3) is 3.59. The number of carbonyl (C=O) groups is 3. The summed E-state index contributed by atoms with van der Waals surface area (Å²) in [4.78, 5) is 36.4. The van der Waals surface area contributed by atoms with Gasteiger partial charge >= 0.3 is 0 Å². The first kappa shape index (κ1) is 15.0. The normalized spacial score (nSPS) is 14.9. The van der Waals surface area contributed by atoms with Gasteiger partial charge in [0.2, 0.25) is 11.8 Å². The summed E-state index contributed by atoms with van der Waals surface area (Å²) < 4.78 is 0. The highest BCUT2D eigenvalue weighted by Gasteiger charge is 2.27. The Kier molecular flexibility index (Phi) is 4.57. The number of rotatable bonds is 4. The maximum atomic E-state index is 12.4. The fourth-order valence-electron chi connectivity index (χ4n) is 2.23. The molecule has 1 aromatic carbocycles. The molecule has 1 aliphatic heterocycles. The van der Waals surface area contributed by atoms with Gasteiger partial charge in [-0.1, -0.05) is 6.92 Å². The highest BCUT2D eigenvalue weighted by Crippen LogP contribution is 2.17. The average Bonchev–Trinajstić information content (AvgIpc) is 2.43. The van der Waals surface area contributed by atoms with Crippen LogP contribution in [0.15, 0.2) is 18.2 Å². The van der Waals surface area contributed by atoms with Gasteiger partial charge in [0.1, 0.15) is 13.1 Å². The van der Waals surface area contributed by atoms with Crippen LogP contribution in [-0.4, -0.2) is 42.3 Å². The van der Waals surface area contributed by atoms with Crippen LogP contribution in [0.1, 0.15) is 29.3 Å². The number of aryl methyl sites for hydroxylation is 1. The van der Waals surface area contributed by atoms with E-state index in [1.807, 2.05) is 19.1 Å². The van der Waals surface area contributed by atoms with E-state index in [0.717, 1.165) is 24.2 Å². The van der Waals surface area contributed by atoms with E-state index in [1.54, 1.807) is 6.07 Å². The molecule has 2 N–H and O–H groups in total. The molecule has 1 aliphatic rings. The lowest BCUT2D eigenvalue weighted by Gasteiger charge is -2.26. The molecule has 0 unspecified atom stereocenters. The molecule has 0 spiro atoms. The smallest absolute Gasteiger partial charge is 0.255 e. The Morgan fingerprint density at radius 2 is 1.95 bits per heavy atom. The third-order valence-electron chi connectivity index (χ3n) is 3.27. The van der Waals surface area contributed by atoms with Crippen LogP contribution in [0.4, 0.5) is 5.69 Å². The van der Waals surface area contributed by atoms with Gasteiger partial charge in [0, 0.05) is 17.8 Å². The van der Waals surface area contributed by atoms with Gasteiger partial charge < -0.3 is 10.2 Å². The number of nitrogens with zero attached hydrogens (tertiary/aromatic N) is 1. The van der Waals surface area contributed by atoms with Crippen LogP contribution in [0.25, 0.3) is 0 Å². The average molecular weight is 289 g/mol. The molecule has 1 heterocycles. The molecule has 0 aromatic heterocycles. The lowest BCUT2D eigenvalue weighted by atomic mass is 10.1. The minimum absolute atomic E-state index is 0.0835. The van der Waals surface area contributed by atoms with Crippen LogP contribution in [0.3, 0.4) is 0 Å². The van der Waals surface area contributed by atoms with Gasteiger partial charge in [0.25, 0.3) is 5.91 Å². The number of hydrogen-bond donors (Lipinski definition) is 2. The zero-order chi connectivity index (χ0) is 15.4. The van der Waals surface area contributed by atoms with Gasteiger partial charge in [0.15, 0.2) is 0 Å². The highest BCUT2D eigenvalue weighted by molar-refractivity contribution is 6.06. The molecule has 1 saturated heterocycles. The van der Waals surface area contributed by atoms with Crippen molar-refractivity contribution in [3.8, 4) is 0 Å². The largest absolute Gasteiger partial charge is 0.385 e. The van der Waals surface area contributed by atoms with Crippen molar-refractivity contribution in [3.63, 3.8) is 0 Å². The van der Waals surface area contributed by atoms with E-state index in [2.05, 4.69) is 17.6 Å². The van der Waals surface area contributed by atoms with Crippen molar-refractivity contribution in [2.45, 2.75) is 20.3 Å². The Bertz CT molecular complexity index is 568. The van der Waals surface area contributed by atoms with Gasteiger partial charge in [-0.2, -0.15) is 0 Å². The summed E-state index contributed by atoms with van der Waals surface area (Å²) in [5, 5.41) is 5.43. The number of hydrogen-bond acceptors (Lipinski definition) is 4. The predicted octanol–water partition coefficient (Wildman–Crippen LogP) is 0.916. The summed E-state index contributed by atoms with van der Waals surface area (Å²) >= 11 is 0. The van der Waals surface area contributed by atoms with Crippen molar-refractivity contribution < 1.29 is 14.4 Å². The van der Waals surface area contributed by atoms with Crippen molar-refractivity contribution in [1.82, 2.24) is 10.2 Å². The lowest BCUT2D eigenvalue weighted by molar-refractivity contribution is -0.135. The van der Waals surface area contributed by atoms with Gasteiger partial charge in [-0.25, -0.2) is 0 Å². The van der Waals surface area contributed by atoms with E-state index in [4.69, 9.17) is 0 Å². The van der Waals surface area contributed by atoms with E-state index in [0.29, 0.717) is 5.56 Å². The monoisotopic (exact) mass is 289 g/mol. The van der Waals surface area contributed by atoms with Crippen molar-refractivity contribution in [1.29, 1.82) is 0 Å². The van der Waals surface area contributed by atoms with E-state index in [-0.39, 0.29) is 19.0 Å². The summed E-state index contributed by atoms with van der Waals surface area (Å²) in [7, 11) is 0. The number of amides is 3. The maximum Gasteiger partial charge on any atom is 0.255 e. The fraction of sp³-hybridized carbons (Fsp3) is 0.400. The Morgan fingerprint density at radius 1 is 1.29 bits per heavy atom. The molecule has 2 rings (SSSR count). The molecule has 1 fully saturated rings. The molecule has 0 bridgehead atoms. The summed E-state index contributed by atoms with van der Waals surface area (Å²) in [5.74, 6) is -1.19. The Morgan fingerprint density at radius 3 is 2.52 bits per heavy atom. The second-order valence-electron chi connectivity index (χ2n) is 5.09. The lowest BCUT2D eigenvalue weighted by Crippen LogP contribution is -2.53. The van der Waals surface area contributed by atoms with Crippen molar-refractivity contribution >= 4 is 23.4 Å². The molecule has 6 heteroatoms. The number of nitrogens with one attached hydrogen (secondary N) is 2. The van der Waals surface area contributed by atoms with Crippen LogP contribution < -0.4 is 10.6 Å². The standard InChI is InChI=1S/C15H19N3O3/c1-3-6-16-11-4-5-12(10(2)7-11)15(21)18-8-13(19)17-14(20)9-18/h4-5,7,16H,3,6,8-9H2,1-2H3,(H,17,19,20). The molecule has 112 valence electrons. The molecule has 21 heavy (non-hydrogen) atoms. The molecule has 6 nitrogen and oxygen atoms in total. The van der Waals surface area contributed by atoms with Crippen molar-refractivity contribution in [3.05, 3.63) is 29.3 Å². The summed E-state index contributed by atoms with van der Waals surface area (Å²) in [6.07, 6.45) is 1.02. The predicted molar refractivity (Wildman–Crippen MR) is 79.0 cm³/mol. The van der Waals surface area contributed by atoms with Gasteiger partial charge in [-0.3, -0.25) is 19.7 Å². The van der Waals surface area contributed by atoms with E-state index in [1.165, 1.54) is 4.90 Å². The van der Waals surface area contributed by atoms with Gasteiger partial charge in [0.05, 0.1) is 0 Å². The molecular weight excluding hydrogens is 270 g/mol. The van der Waals surface area contributed by atoms with Crippen LogP contribution in [0, 0.1) is 6.92 Å². The molecule has 0 aliphatic carbocycles. The first-order valence-electron chi connectivity index (χ1n) is 6.97. The number of anilines is 1. The van der Waals surface area contributed by atoms with Crippen LogP contribution in [-0.2, 0) is 9.59 Å². The van der Waals surface area contributed by atoms with Crippen LogP contribution in [0.2, 0.25) is 0 Å². The molecule has 0 radical (unpaired) electrons. The number of benzene rings is 1. The number of carbonyl (C=O) groups excluding carboxylic acids is 3. The molecular formula is C15H19N3O3. The van der Waals surface area contributed by atoms with Crippen LogP contribution >= 0.6 is 0 Å². The minimum atomic E-state index is -0.446. The second kappa shape index (κ2) is 6.39. The quantitative estimate of drug-likeness (QED) is 0.808. The Labute approximate surface area is 123 Å². The summed E-state index contributed by atoms with van der Waals surface area (Å²) in [6.45, 7) is 4.62. The second-order valence-corrected chi connectivity index (χ2v) is 5.09.